The van der Waals surface area contributed by atoms with Crippen LogP contribution in [-0.4, -0.2) is 10.2 Å². The van der Waals surface area contributed by atoms with Crippen LogP contribution in [-0.2, 0) is 6.42 Å². The summed E-state index contributed by atoms with van der Waals surface area (Å²) in [6, 6.07) is 3.58. The Morgan fingerprint density at radius 3 is 1.86 bits per heavy atom. The summed E-state index contributed by atoms with van der Waals surface area (Å²) in [6.45, 7) is 4.20. The maximum Gasteiger partial charge on any atom is 0.160 e. The van der Waals surface area contributed by atoms with Gasteiger partial charge in [-0.2, -0.15) is 0 Å². The van der Waals surface area contributed by atoms with Gasteiger partial charge in [0, 0.05) is 0 Å². The summed E-state index contributed by atoms with van der Waals surface area (Å²) in [6.07, 6.45) is 14.0. The molecule has 1 aromatic carbocycles. The number of aryl methyl sites for hydroxylation is 2. The average Bonchev–Trinajstić information content (AvgIpc) is 2.45. The Morgan fingerprint density at radius 2 is 1.29 bits per heavy atom. The van der Waals surface area contributed by atoms with Gasteiger partial charge < -0.3 is 10.2 Å². The molecule has 0 saturated carbocycles. The number of aromatic hydroxyl groups is 2. The maximum absolute atomic E-state index is 9.82. The molecular formula is C19H32O2. The minimum absolute atomic E-state index is 0.0112. The second-order valence-corrected chi connectivity index (χ2v) is 6.22. The molecule has 2 heteroatoms. The van der Waals surface area contributed by atoms with Gasteiger partial charge in [0.2, 0.25) is 0 Å². The van der Waals surface area contributed by atoms with Gasteiger partial charge in [0.25, 0.3) is 0 Å². The Bertz CT molecular complexity index is 399. The molecule has 2 N–H and O–H groups in total. The van der Waals surface area contributed by atoms with Crippen LogP contribution in [0.1, 0.15) is 82.3 Å². The predicted molar refractivity (Wildman–Crippen MR) is 90.1 cm³/mol. The van der Waals surface area contributed by atoms with Gasteiger partial charge in [0.1, 0.15) is 0 Å². The van der Waals surface area contributed by atoms with Crippen LogP contribution in [0.25, 0.3) is 0 Å². The van der Waals surface area contributed by atoms with Crippen LogP contribution < -0.4 is 0 Å². The summed E-state index contributed by atoms with van der Waals surface area (Å²) in [5, 5.41) is 19.4. The lowest BCUT2D eigenvalue weighted by Crippen LogP contribution is -1.89. The smallest absolute Gasteiger partial charge is 0.160 e. The van der Waals surface area contributed by atoms with Crippen molar-refractivity contribution in [2.45, 2.75) is 84.5 Å². The fourth-order valence-corrected chi connectivity index (χ4v) is 2.83. The fourth-order valence-electron chi connectivity index (χ4n) is 2.83. The van der Waals surface area contributed by atoms with E-state index in [1.165, 1.54) is 57.8 Å². The van der Waals surface area contributed by atoms with Crippen LogP contribution in [0.2, 0.25) is 0 Å². The molecule has 0 saturated heterocycles. The van der Waals surface area contributed by atoms with Gasteiger partial charge in [-0.1, -0.05) is 70.8 Å². The van der Waals surface area contributed by atoms with Gasteiger partial charge >= 0.3 is 0 Å². The zero-order valence-electron chi connectivity index (χ0n) is 13.8. The molecule has 0 bridgehead atoms. The molecule has 0 amide bonds. The van der Waals surface area contributed by atoms with Crippen LogP contribution in [0.15, 0.2) is 12.1 Å². The van der Waals surface area contributed by atoms with Gasteiger partial charge in [0.15, 0.2) is 11.5 Å². The van der Waals surface area contributed by atoms with Gasteiger partial charge in [-0.3, -0.25) is 0 Å². The molecule has 0 aliphatic heterocycles. The van der Waals surface area contributed by atoms with E-state index in [0.29, 0.717) is 0 Å². The first-order valence-corrected chi connectivity index (χ1v) is 8.66. The van der Waals surface area contributed by atoms with Crippen molar-refractivity contribution < 1.29 is 10.2 Å². The summed E-state index contributed by atoms with van der Waals surface area (Å²) in [7, 11) is 0. The SMILES string of the molecule is CCCCCCCCCCCCc1cc(C)cc(O)c1O. The molecule has 0 spiro atoms. The van der Waals surface area contributed by atoms with E-state index in [9.17, 15) is 10.2 Å². The minimum Gasteiger partial charge on any atom is -0.504 e. The van der Waals surface area contributed by atoms with E-state index in [4.69, 9.17) is 0 Å². The standard InChI is InChI=1S/C19H32O2/c1-3-4-5-6-7-8-9-10-11-12-13-17-14-16(2)15-18(20)19(17)21/h14-15,20-21H,3-13H2,1-2H3. The van der Waals surface area contributed by atoms with Gasteiger partial charge in [-0.25, -0.2) is 0 Å². The Labute approximate surface area is 130 Å². The monoisotopic (exact) mass is 292 g/mol. The highest BCUT2D eigenvalue weighted by Gasteiger charge is 2.07. The van der Waals surface area contributed by atoms with Crippen LogP contribution in [0.4, 0.5) is 0 Å². The van der Waals surface area contributed by atoms with Crippen molar-refractivity contribution >= 4 is 0 Å². The molecule has 1 rings (SSSR count). The highest BCUT2D eigenvalue weighted by molar-refractivity contribution is 5.47. The lowest BCUT2D eigenvalue weighted by atomic mass is 10.0. The Hall–Kier alpha value is -1.18. The largest absolute Gasteiger partial charge is 0.504 e. The highest BCUT2D eigenvalue weighted by atomic mass is 16.3. The Morgan fingerprint density at radius 1 is 0.762 bits per heavy atom. The third kappa shape index (κ3) is 7.40. The van der Waals surface area contributed by atoms with Gasteiger partial charge in [0.05, 0.1) is 0 Å². The summed E-state index contributed by atoms with van der Waals surface area (Å²) in [5.41, 5.74) is 1.89. The zero-order valence-corrected chi connectivity index (χ0v) is 13.8. The number of hydrogen-bond acceptors (Lipinski definition) is 2. The molecule has 120 valence electrons. The Kier molecular flexibility index (Phi) is 8.96. The summed E-state index contributed by atoms with van der Waals surface area (Å²) in [5.74, 6) is 0.0774. The maximum atomic E-state index is 9.82. The molecule has 2 nitrogen and oxygen atoms in total. The predicted octanol–water partition coefficient (Wildman–Crippen LogP) is 5.87. The van der Waals surface area contributed by atoms with Crippen molar-refractivity contribution in [1.82, 2.24) is 0 Å². The van der Waals surface area contributed by atoms with Crippen LogP contribution in [0.5, 0.6) is 11.5 Å². The molecule has 1 aromatic rings. The second kappa shape index (κ2) is 10.5. The van der Waals surface area contributed by atoms with E-state index in [1.807, 2.05) is 13.0 Å². The molecule has 0 aromatic heterocycles. The number of benzene rings is 1. The number of unbranched alkanes of at least 4 members (excludes halogenated alkanes) is 9. The first-order valence-electron chi connectivity index (χ1n) is 8.66. The topological polar surface area (TPSA) is 40.5 Å². The van der Waals surface area contributed by atoms with E-state index in [0.717, 1.165) is 24.0 Å². The van der Waals surface area contributed by atoms with Crippen molar-refractivity contribution in [1.29, 1.82) is 0 Å². The van der Waals surface area contributed by atoms with E-state index in [2.05, 4.69) is 6.92 Å². The zero-order chi connectivity index (χ0) is 15.5. The minimum atomic E-state index is 0.0112. The van der Waals surface area contributed by atoms with Crippen LogP contribution in [0, 0.1) is 6.92 Å². The Balaban J connectivity index is 2.07. The second-order valence-electron chi connectivity index (χ2n) is 6.22. The molecular weight excluding hydrogens is 260 g/mol. The van der Waals surface area contributed by atoms with Gasteiger partial charge in [-0.15, -0.1) is 0 Å². The molecule has 0 fully saturated rings. The lowest BCUT2D eigenvalue weighted by molar-refractivity contribution is 0.398. The molecule has 21 heavy (non-hydrogen) atoms. The number of rotatable bonds is 11. The van der Waals surface area contributed by atoms with Crippen LogP contribution in [0.3, 0.4) is 0 Å². The van der Waals surface area contributed by atoms with Gasteiger partial charge in [-0.05, 0) is 37.0 Å². The van der Waals surface area contributed by atoms with Crippen molar-refractivity contribution in [3.8, 4) is 11.5 Å². The summed E-state index contributed by atoms with van der Waals surface area (Å²) < 4.78 is 0. The molecule has 0 aliphatic carbocycles. The lowest BCUT2D eigenvalue weighted by Gasteiger charge is -2.08. The normalized spacial score (nSPS) is 11.0. The van der Waals surface area contributed by atoms with Crippen molar-refractivity contribution in [3.63, 3.8) is 0 Å². The van der Waals surface area contributed by atoms with Crippen molar-refractivity contribution in [2.24, 2.45) is 0 Å². The molecule has 0 atom stereocenters. The number of hydrogen-bond donors (Lipinski definition) is 2. The van der Waals surface area contributed by atoms with E-state index in [-0.39, 0.29) is 11.5 Å². The summed E-state index contributed by atoms with van der Waals surface area (Å²) >= 11 is 0. The van der Waals surface area contributed by atoms with Crippen molar-refractivity contribution in [2.75, 3.05) is 0 Å². The number of phenols is 2. The van der Waals surface area contributed by atoms with Crippen LogP contribution >= 0.6 is 0 Å². The first-order chi connectivity index (χ1) is 10.1. The molecule has 0 unspecified atom stereocenters. The first kappa shape index (κ1) is 17.9. The third-order valence-electron chi connectivity index (χ3n) is 4.11. The van der Waals surface area contributed by atoms with Crippen molar-refractivity contribution in [3.05, 3.63) is 23.3 Å². The van der Waals surface area contributed by atoms with E-state index in [1.54, 1.807) is 6.07 Å². The van der Waals surface area contributed by atoms with E-state index < -0.39 is 0 Å². The van der Waals surface area contributed by atoms with E-state index >= 15 is 0 Å². The fraction of sp³-hybridized carbons (Fsp3) is 0.684. The average molecular weight is 292 g/mol. The highest BCUT2D eigenvalue weighted by Crippen LogP contribution is 2.31. The molecule has 0 aliphatic rings. The third-order valence-corrected chi connectivity index (χ3v) is 4.11. The molecule has 0 radical (unpaired) electrons. The number of phenolic OH excluding ortho intramolecular Hbond substituents is 2. The molecule has 0 heterocycles. The summed E-state index contributed by atoms with van der Waals surface area (Å²) in [4.78, 5) is 0. The quantitative estimate of drug-likeness (QED) is 0.395.